The molecule has 0 aliphatic heterocycles. The second-order valence-electron chi connectivity index (χ2n) is 7.65. The zero-order valence-corrected chi connectivity index (χ0v) is 16.6. The van der Waals surface area contributed by atoms with Gasteiger partial charge in [0.25, 0.3) is 0 Å². The molecule has 4 nitrogen and oxygen atoms in total. The lowest BCUT2D eigenvalue weighted by atomic mass is 9.88. The van der Waals surface area contributed by atoms with Crippen LogP contribution in [-0.2, 0) is 9.53 Å². The Morgan fingerprint density at radius 1 is 1.48 bits per heavy atom. The molecule has 27 heavy (non-hydrogen) atoms. The molecule has 4 heteroatoms. The Balaban J connectivity index is 1.89. The Hall–Kier alpha value is -1.83. The molecule has 1 fully saturated rings. The van der Waals surface area contributed by atoms with Crippen LogP contribution in [-0.4, -0.2) is 35.5 Å². The second kappa shape index (κ2) is 10.5. The van der Waals surface area contributed by atoms with E-state index in [-0.39, 0.29) is 23.9 Å². The molecule has 2 unspecified atom stereocenters. The molecule has 0 amide bonds. The van der Waals surface area contributed by atoms with Crippen molar-refractivity contribution in [3.05, 3.63) is 36.0 Å². The summed E-state index contributed by atoms with van der Waals surface area (Å²) in [5, 5.41) is 20.7. The van der Waals surface area contributed by atoms with Crippen LogP contribution in [0.4, 0.5) is 0 Å². The van der Waals surface area contributed by atoms with E-state index in [9.17, 15) is 15.0 Å². The number of aliphatic hydroxyl groups is 2. The normalized spacial score (nSPS) is 29.3. The predicted octanol–water partition coefficient (Wildman–Crippen LogP) is 3.41. The topological polar surface area (TPSA) is 66.8 Å². The van der Waals surface area contributed by atoms with E-state index in [4.69, 9.17) is 0 Å². The third-order valence-electron chi connectivity index (χ3n) is 5.69. The summed E-state index contributed by atoms with van der Waals surface area (Å²) in [6.45, 7) is 3.79. The van der Waals surface area contributed by atoms with Crippen LogP contribution in [0.1, 0.15) is 46.0 Å². The highest BCUT2D eigenvalue weighted by Gasteiger charge is 2.43. The number of carbonyl (C=O) groups is 1. The molecular formula is C23H32O4. The number of rotatable bonds is 8. The van der Waals surface area contributed by atoms with Crippen molar-refractivity contribution in [2.45, 2.75) is 58.2 Å². The SMILES string of the molecule is CC#CCC(C)C(O)C=C[C@H]1[C@H]2CC(C=CCCC(=O)OC)=C[C@H]2C[C@H]1O. The Labute approximate surface area is 163 Å². The summed E-state index contributed by atoms with van der Waals surface area (Å²) in [6, 6.07) is 0. The number of methoxy groups -OCH3 is 1. The Kier molecular flexibility index (Phi) is 8.34. The van der Waals surface area contributed by atoms with E-state index in [1.165, 1.54) is 12.7 Å². The number of fused-ring (bicyclic) bond motifs is 1. The van der Waals surface area contributed by atoms with Gasteiger partial charge in [0.15, 0.2) is 0 Å². The molecule has 0 heterocycles. The molecule has 0 spiro atoms. The standard InChI is InChI=1S/C23H32O4/c1-4-5-8-16(2)21(24)12-11-19-20-14-17(13-18(20)15-22(19)25)9-6-7-10-23(26)27-3/h6,9,11-13,16,18-22,24-25H,7-8,10,14-15H2,1-3H3/t16?,18-,19-,20-,21?,22+/m0/s1. The van der Waals surface area contributed by atoms with Crippen molar-refractivity contribution in [1.82, 2.24) is 0 Å². The average molecular weight is 373 g/mol. The number of esters is 1. The molecule has 1 saturated carbocycles. The van der Waals surface area contributed by atoms with Gasteiger partial charge < -0.3 is 14.9 Å². The maximum atomic E-state index is 11.1. The lowest BCUT2D eigenvalue weighted by molar-refractivity contribution is -0.140. The Morgan fingerprint density at radius 2 is 2.26 bits per heavy atom. The summed E-state index contributed by atoms with van der Waals surface area (Å²) in [5.41, 5.74) is 1.27. The summed E-state index contributed by atoms with van der Waals surface area (Å²) in [5.74, 6) is 6.60. The van der Waals surface area contributed by atoms with Crippen LogP contribution < -0.4 is 0 Å². The molecule has 0 aromatic carbocycles. The molecule has 0 radical (unpaired) electrons. The Bertz CT molecular complexity index is 649. The van der Waals surface area contributed by atoms with Crippen molar-refractivity contribution in [1.29, 1.82) is 0 Å². The molecule has 0 bridgehead atoms. The zero-order valence-electron chi connectivity index (χ0n) is 16.6. The molecule has 2 rings (SSSR count). The monoisotopic (exact) mass is 372 g/mol. The van der Waals surface area contributed by atoms with Gasteiger partial charge in [-0.25, -0.2) is 0 Å². The summed E-state index contributed by atoms with van der Waals surface area (Å²) in [4.78, 5) is 11.1. The van der Waals surface area contributed by atoms with Gasteiger partial charge in [-0.15, -0.1) is 11.8 Å². The van der Waals surface area contributed by atoms with E-state index in [0.29, 0.717) is 31.1 Å². The molecule has 2 aliphatic carbocycles. The number of allylic oxidation sites excluding steroid dienone is 4. The molecule has 0 aromatic heterocycles. The van der Waals surface area contributed by atoms with E-state index >= 15 is 0 Å². The summed E-state index contributed by atoms with van der Waals surface area (Å²) >= 11 is 0. The van der Waals surface area contributed by atoms with Crippen molar-refractivity contribution in [3.8, 4) is 11.8 Å². The van der Waals surface area contributed by atoms with Crippen LogP contribution in [0, 0.1) is 35.5 Å². The number of ether oxygens (including phenoxy) is 1. The number of hydrogen-bond acceptors (Lipinski definition) is 4. The molecule has 0 aromatic rings. The van der Waals surface area contributed by atoms with Gasteiger partial charge in [0, 0.05) is 18.8 Å². The van der Waals surface area contributed by atoms with Crippen molar-refractivity contribution in [2.24, 2.45) is 23.7 Å². The minimum Gasteiger partial charge on any atom is -0.469 e. The number of carbonyl (C=O) groups excluding carboxylic acids is 1. The van der Waals surface area contributed by atoms with Crippen LogP contribution in [0.5, 0.6) is 0 Å². The van der Waals surface area contributed by atoms with Crippen molar-refractivity contribution >= 4 is 5.97 Å². The lowest BCUT2D eigenvalue weighted by Gasteiger charge is -2.19. The van der Waals surface area contributed by atoms with Crippen LogP contribution >= 0.6 is 0 Å². The highest BCUT2D eigenvalue weighted by molar-refractivity contribution is 5.69. The third-order valence-corrected chi connectivity index (χ3v) is 5.69. The molecule has 148 valence electrons. The molecule has 0 saturated heterocycles. The van der Waals surface area contributed by atoms with Crippen LogP contribution in [0.2, 0.25) is 0 Å². The van der Waals surface area contributed by atoms with Gasteiger partial charge in [0.1, 0.15) is 0 Å². The van der Waals surface area contributed by atoms with Gasteiger partial charge >= 0.3 is 5.97 Å². The van der Waals surface area contributed by atoms with Crippen molar-refractivity contribution < 1.29 is 19.7 Å². The molecule has 6 atom stereocenters. The molecule has 2 aliphatic rings. The van der Waals surface area contributed by atoms with Gasteiger partial charge in [0.2, 0.25) is 0 Å². The van der Waals surface area contributed by atoms with Crippen LogP contribution in [0.25, 0.3) is 0 Å². The van der Waals surface area contributed by atoms with Crippen molar-refractivity contribution in [2.75, 3.05) is 7.11 Å². The van der Waals surface area contributed by atoms with Crippen molar-refractivity contribution in [3.63, 3.8) is 0 Å². The quantitative estimate of drug-likeness (QED) is 0.389. The first-order chi connectivity index (χ1) is 13.0. The maximum absolute atomic E-state index is 11.1. The minimum absolute atomic E-state index is 0.0753. The fourth-order valence-corrected chi connectivity index (χ4v) is 4.02. The minimum atomic E-state index is -0.538. The zero-order chi connectivity index (χ0) is 19.8. The van der Waals surface area contributed by atoms with Gasteiger partial charge in [-0.1, -0.05) is 42.9 Å². The lowest BCUT2D eigenvalue weighted by Crippen LogP contribution is -2.19. The predicted molar refractivity (Wildman–Crippen MR) is 107 cm³/mol. The van der Waals surface area contributed by atoms with Gasteiger partial charge in [-0.2, -0.15) is 0 Å². The fraction of sp³-hybridized carbons (Fsp3) is 0.609. The van der Waals surface area contributed by atoms with Gasteiger partial charge in [0.05, 0.1) is 19.3 Å². The highest BCUT2D eigenvalue weighted by Crippen LogP contribution is 2.47. The van der Waals surface area contributed by atoms with Gasteiger partial charge in [-0.3, -0.25) is 4.79 Å². The summed E-state index contributed by atoms with van der Waals surface area (Å²) in [6.07, 6.45) is 12.8. The average Bonchev–Trinajstić information content (AvgIpc) is 3.17. The highest BCUT2D eigenvalue weighted by atomic mass is 16.5. The third kappa shape index (κ3) is 6.09. The molecular weight excluding hydrogens is 340 g/mol. The van der Waals surface area contributed by atoms with Crippen LogP contribution in [0.15, 0.2) is 36.0 Å². The van der Waals surface area contributed by atoms with E-state index in [2.05, 4.69) is 28.7 Å². The fourth-order valence-electron chi connectivity index (χ4n) is 4.02. The van der Waals surface area contributed by atoms with E-state index in [0.717, 1.165) is 12.8 Å². The first kappa shape index (κ1) is 21.5. The smallest absolute Gasteiger partial charge is 0.305 e. The maximum Gasteiger partial charge on any atom is 0.305 e. The van der Waals surface area contributed by atoms with E-state index in [1.54, 1.807) is 6.92 Å². The summed E-state index contributed by atoms with van der Waals surface area (Å²) < 4.78 is 4.64. The first-order valence-corrected chi connectivity index (χ1v) is 9.84. The second-order valence-corrected chi connectivity index (χ2v) is 7.65. The number of hydrogen-bond donors (Lipinski definition) is 2. The van der Waals surface area contributed by atoms with E-state index < -0.39 is 6.10 Å². The van der Waals surface area contributed by atoms with Gasteiger partial charge in [-0.05, 0) is 43.9 Å². The number of aliphatic hydroxyl groups excluding tert-OH is 2. The largest absolute Gasteiger partial charge is 0.469 e. The first-order valence-electron chi connectivity index (χ1n) is 9.84. The van der Waals surface area contributed by atoms with E-state index in [1.807, 2.05) is 25.2 Å². The Morgan fingerprint density at radius 3 is 2.96 bits per heavy atom. The molecule has 2 N–H and O–H groups in total. The van der Waals surface area contributed by atoms with Crippen LogP contribution in [0.3, 0.4) is 0 Å². The summed E-state index contributed by atoms with van der Waals surface area (Å²) in [7, 11) is 1.40.